The average Bonchev–Trinajstić information content (AvgIpc) is 2.47. The lowest BCUT2D eigenvalue weighted by molar-refractivity contribution is -0.146. The van der Waals surface area contributed by atoms with Gasteiger partial charge in [0, 0.05) is 6.04 Å². The molecule has 1 N–H and O–H groups in total. The maximum atomic E-state index is 11.5. The van der Waals surface area contributed by atoms with E-state index in [1.807, 2.05) is 25.1 Å². The number of esters is 1. The summed E-state index contributed by atoms with van der Waals surface area (Å²) in [4.78, 5) is 11.5. The van der Waals surface area contributed by atoms with Crippen LogP contribution in [0.2, 0.25) is 0 Å². The van der Waals surface area contributed by atoms with Gasteiger partial charge in [-0.15, -0.1) is 0 Å². The van der Waals surface area contributed by atoms with Crippen molar-refractivity contribution < 1.29 is 9.53 Å². The second kappa shape index (κ2) is 6.42. The van der Waals surface area contributed by atoms with Crippen molar-refractivity contribution in [2.45, 2.75) is 38.6 Å². The predicted molar refractivity (Wildman–Crippen MR) is 77.3 cm³/mol. The van der Waals surface area contributed by atoms with Crippen molar-refractivity contribution in [1.82, 2.24) is 0 Å². The predicted octanol–water partition coefficient (Wildman–Crippen LogP) is 3.01. The van der Waals surface area contributed by atoms with E-state index < -0.39 is 0 Å². The monoisotopic (exact) mass is 272 g/mol. The van der Waals surface area contributed by atoms with E-state index in [1.165, 1.54) is 7.11 Å². The first-order valence-electron chi connectivity index (χ1n) is 6.99. The fraction of sp³-hybridized carbons (Fsp3) is 0.500. The van der Waals surface area contributed by atoms with Gasteiger partial charge in [-0.3, -0.25) is 4.79 Å². The van der Waals surface area contributed by atoms with Crippen molar-refractivity contribution in [3.05, 3.63) is 29.3 Å². The van der Waals surface area contributed by atoms with E-state index >= 15 is 0 Å². The summed E-state index contributed by atoms with van der Waals surface area (Å²) in [6.07, 6.45) is 3.55. The van der Waals surface area contributed by atoms with E-state index in [0.29, 0.717) is 11.6 Å². The van der Waals surface area contributed by atoms with Crippen LogP contribution in [-0.4, -0.2) is 19.1 Å². The summed E-state index contributed by atoms with van der Waals surface area (Å²) in [5.74, 6) is -0.0669. The number of aryl methyl sites for hydroxylation is 1. The molecule has 4 nitrogen and oxygen atoms in total. The summed E-state index contributed by atoms with van der Waals surface area (Å²) in [6.45, 7) is 2.01. The molecule has 1 fully saturated rings. The number of nitriles is 1. The Hall–Kier alpha value is -2.02. The Labute approximate surface area is 119 Å². The van der Waals surface area contributed by atoms with Crippen LogP contribution in [0.25, 0.3) is 0 Å². The Bertz CT molecular complexity index is 526. The van der Waals surface area contributed by atoms with Gasteiger partial charge in [0.25, 0.3) is 0 Å². The van der Waals surface area contributed by atoms with Crippen LogP contribution in [-0.2, 0) is 9.53 Å². The molecule has 0 spiro atoms. The molecule has 1 saturated carbocycles. The minimum absolute atomic E-state index is 0.0333. The lowest BCUT2D eigenvalue weighted by Gasteiger charge is -2.28. The Kier molecular flexibility index (Phi) is 4.62. The number of benzene rings is 1. The number of rotatable bonds is 3. The van der Waals surface area contributed by atoms with Crippen LogP contribution in [0.3, 0.4) is 0 Å². The smallest absolute Gasteiger partial charge is 0.308 e. The third-order valence-electron chi connectivity index (χ3n) is 3.92. The Morgan fingerprint density at radius 2 is 2.05 bits per heavy atom. The fourth-order valence-electron chi connectivity index (χ4n) is 2.74. The van der Waals surface area contributed by atoms with Crippen molar-refractivity contribution in [1.29, 1.82) is 5.26 Å². The largest absolute Gasteiger partial charge is 0.469 e. The third-order valence-corrected chi connectivity index (χ3v) is 3.92. The van der Waals surface area contributed by atoms with Crippen LogP contribution in [0.4, 0.5) is 5.69 Å². The number of carbonyl (C=O) groups is 1. The van der Waals surface area contributed by atoms with Crippen LogP contribution in [0.15, 0.2) is 18.2 Å². The summed E-state index contributed by atoms with van der Waals surface area (Å²) in [5.41, 5.74) is 2.70. The summed E-state index contributed by atoms with van der Waals surface area (Å²) in [7, 11) is 1.44. The van der Waals surface area contributed by atoms with Gasteiger partial charge >= 0.3 is 5.97 Å². The first kappa shape index (κ1) is 14.4. The van der Waals surface area contributed by atoms with E-state index in [0.717, 1.165) is 36.9 Å². The molecule has 20 heavy (non-hydrogen) atoms. The van der Waals surface area contributed by atoms with Gasteiger partial charge in [0.05, 0.1) is 24.3 Å². The molecule has 106 valence electrons. The summed E-state index contributed by atoms with van der Waals surface area (Å²) < 4.78 is 4.79. The van der Waals surface area contributed by atoms with Gasteiger partial charge in [0.2, 0.25) is 0 Å². The molecule has 0 bridgehead atoms. The molecule has 1 aliphatic carbocycles. The molecule has 0 saturated heterocycles. The average molecular weight is 272 g/mol. The Morgan fingerprint density at radius 3 is 2.65 bits per heavy atom. The number of nitrogens with zero attached hydrogens (tertiary/aromatic N) is 1. The Balaban J connectivity index is 1.98. The van der Waals surface area contributed by atoms with Gasteiger partial charge in [0.1, 0.15) is 6.07 Å². The molecule has 4 heteroatoms. The number of hydrogen-bond donors (Lipinski definition) is 1. The molecule has 1 aliphatic rings. The zero-order valence-electron chi connectivity index (χ0n) is 12.0. The molecule has 0 aliphatic heterocycles. The highest BCUT2D eigenvalue weighted by Crippen LogP contribution is 2.28. The second-order valence-electron chi connectivity index (χ2n) is 5.38. The van der Waals surface area contributed by atoms with Crippen molar-refractivity contribution in [2.75, 3.05) is 12.4 Å². The minimum atomic E-state index is -0.100. The quantitative estimate of drug-likeness (QED) is 0.859. The van der Waals surface area contributed by atoms with Crippen molar-refractivity contribution in [3.63, 3.8) is 0 Å². The van der Waals surface area contributed by atoms with Gasteiger partial charge in [0.15, 0.2) is 0 Å². The van der Waals surface area contributed by atoms with E-state index in [-0.39, 0.29) is 11.9 Å². The van der Waals surface area contributed by atoms with E-state index in [1.54, 1.807) is 0 Å². The molecule has 1 aromatic carbocycles. The second-order valence-corrected chi connectivity index (χ2v) is 5.38. The molecule has 0 radical (unpaired) electrons. The standard InChI is InChI=1S/C16H20N2O2/c1-11-3-4-13(10-17)15(9-11)18-14-7-5-12(6-8-14)16(19)20-2/h3-4,9,12,14,18H,5-8H2,1-2H3. The molecule has 2 rings (SSSR count). The van der Waals surface area contributed by atoms with Crippen LogP contribution >= 0.6 is 0 Å². The number of nitrogens with one attached hydrogen (secondary N) is 1. The highest BCUT2D eigenvalue weighted by atomic mass is 16.5. The topological polar surface area (TPSA) is 62.1 Å². The normalized spacial score (nSPS) is 21.9. The molecule has 0 heterocycles. The number of carbonyl (C=O) groups excluding carboxylic acids is 1. The summed E-state index contributed by atoms with van der Waals surface area (Å²) in [6, 6.07) is 8.33. The van der Waals surface area contributed by atoms with Crippen LogP contribution < -0.4 is 5.32 Å². The van der Waals surface area contributed by atoms with Crippen LogP contribution in [0.5, 0.6) is 0 Å². The first-order valence-corrected chi connectivity index (χ1v) is 6.99. The maximum absolute atomic E-state index is 11.5. The molecule has 0 aromatic heterocycles. The third kappa shape index (κ3) is 3.30. The molecule has 0 unspecified atom stereocenters. The molecular weight excluding hydrogens is 252 g/mol. The highest BCUT2D eigenvalue weighted by molar-refractivity contribution is 5.72. The lowest BCUT2D eigenvalue weighted by atomic mass is 9.86. The zero-order valence-corrected chi connectivity index (χ0v) is 12.0. The number of ether oxygens (including phenoxy) is 1. The van der Waals surface area contributed by atoms with E-state index in [2.05, 4.69) is 11.4 Å². The molecule has 0 amide bonds. The minimum Gasteiger partial charge on any atom is -0.469 e. The fourth-order valence-corrected chi connectivity index (χ4v) is 2.74. The van der Waals surface area contributed by atoms with Crippen molar-refractivity contribution in [2.24, 2.45) is 5.92 Å². The van der Waals surface area contributed by atoms with Gasteiger partial charge in [-0.1, -0.05) is 6.07 Å². The maximum Gasteiger partial charge on any atom is 0.308 e. The van der Waals surface area contributed by atoms with Gasteiger partial charge < -0.3 is 10.1 Å². The summed E-state index contributed by atoms with van der Waals surface area (Å²) >= 11 is 0. The van der Waals surface area contributed by atoms with Crippen molar-refractivity contribution in [3.8, 4) is 6.07 Å². The first-order chi connectivity index (χ1) is 9.63. The highest BCUT2D eigenvalue weighted by Gasteiger charge is 2.27. The van der Waals surface area contributed by atoms with Gasteiger partial charge in [-0.2, -0.15) is 5.26 Å². The SMILES string of the molecule is COC(=O)C1CCC(Nc2cc(C)ccc2C#N)CC1. The molecule has 1 aromatic rings. The molecule has 0 atom stereocenters. The number of methoxy groups -OCH3 is 1. The Morgan fingerprint density at radius 1 is 1.35 bits per heavy atom. The van der Waals surface area contributed by atoms with Crippen molar-refractivity contribution >= 4 is 11.7 Å². The van der Waals surface area contributed by atoms with Crippen LogP contribution in [0.1, 0.15) is 36.8 Å². The van der Waals surface area contributed by atoms with Gasteiger partial charge in [-0.05, 0) is 50.3 Å². The van der Waals surface area contributed by atoms with E-state index in [9.17, 15) is 4.79 Å². The van der Waals surface area contributed by atoms with Gasteiger partial charge in [-0.25, -0.2) is 0 Å². The summed E-state index contributed by atoms with van der Waals surface area (Å²) in [5, 5.41) is 12.6. The molecular formula is C16H20N2O2. The van der Waals surface area contributed by atoms with Crippen LogP contribution in [0, 0.1) is 24.2 Å². The number of anilines is 1. The van der Waals surface area contributed by atoms with E-state index in [4.69, 9.17) is 10.00 Å². The lowest BCUT2D eigenvalue weighted by Crippen LogP contribution is -2.30. The zero-order chi connectivity index (χ0) is 14.5. The number of hydrogen-bond acceptors (Lipinski definition) is 4.